The summed E-state index contributed by atoms with van der Waals surface area (Å²) in [5, 5.41) is 10.5. The van der Waals surface area contributed by atoms with Crippen molar-refractivity contribution < 1.29 is 24.1 Å². The fourth-order valence-corrected chi connectivity index (χ4v) is 7.69. The second kappa shape index (κ2) is 5.76. The number of aldehydes is 1. The van der Waals surface area contributed by atoms with Crippen LogP contribution in [0.4, 0.5) is 0 Å². The molecule has 8 atom stereocenters. The molecule has 5 heteroatoms. The Morgan fingerprint density at radius 2 is 1.69 bits per heavy atom. The molecule has 0 amide bonds. The van der Waals surface area contributed by atoms with Crippen molar-refractivity contribution in [3.8, 4) is 0 Å². The lowest BCUT2D eigenvalue weighted by Gasteiger charge is -2.55. The summed E-state index contributed by atoms with van der Waals surface area (Å²) in [7, 11) is 0. The third-order valence-electron chi connectivity index (χ3n) is 9.18. The topological polar surface area (TPSA) is 65.0 Å². The van der Waals surface area contributed by atoms with Crippen LogP contribution in [-0.4, -0.2) is 42.8 Å². The highest BCUT2D eigenvalue weighted by molar-refractivity contribution is 5.56. The van der Waals surface area contributed by atoms with Gasteiger partial charge in [0.05, 0.1) is 19.3 Å². The van der Waals surface area contributed by atoms with Gasteiger partial charge in [-0.2, -0.15) is 0 Å². The van der Waals surface area contributed by atoms with E-state index in [4.69, 9.17) is 14.2 Å². The lowest BCUT2D eigenvalue weighted by Crippen LogP contribution is -2.55. The van der Waals surface area contributed by atoms with Gasteiger partial charge in [0.2, 0.25) is 0 Å². The number of carbonyl (C=O) groups is 1. The highest BCUT2D eigenvalue weighted by atomic mass is 16.7. The number of carbonyl (C=O) groups excluding carboxylic acids is 1. The first-order valence-corrected chi connectivity index (χ1v) is 10.5. The van der Waals surface area contributed by atoms with E-state index < -0.39 is 12.1 Å². The maximum Gasteiger partial charge on any atom is 0.174 e. The van der Waals surface area contributed by atoms with E-state index in [1.165, 1.54) is 6.29 Å². The van der Waals surface area contributed by atoms with Gasteiger partial charge in [-0.3, -0.25) is 0 Å². The van der Waals surface area contributed by atoms with Crippen molar-refractivity contribution in [2.45, 2.75) is 77.0 Å². The van der Waals surface area contributed by atoms with Gasteiger partial charge in [0.25, 0.3) is 0 Å². The number of aliphatic hydroxyl groups is 1. The summed E-state index contributed by atoms with van der Waals surface area (Å²) in [5.74, 6) is 0.337. The maximum absolute atomic E-state index is 12.4. The Balaban J connectivity index is 1.47. The molecule has 0 aromatic carbocycles. The molecule has 0 aromatic rings. The van der Waals surface area contributed by atoms with Crippen LogP contribution in [-0.2, 0) is 19.0 Å². The molecule has 5 aliphatic rings. The third-order valence-corrected chi connectivity index (χ3v) is 9.18. The van der Waals surface area contributed by atoms with E-state index in [9.17, 15) is 9.90 Å². The van der Waals surface area contributed by atoms with E-state index in [0.29, 0.717) is 25.0 Å². The Morgan fingerprint density at radius 1 is 0.962 bits per heavy atom. The standard InChI is InChI=1S/C21H32O5/c1-19(6-3-13-11-17(19)18(23)26-13)15-4-7-20(2)16(14(15)12-22)5-8-21(20)24-9-10-25-21/h12-18,23H,3-11H2,1-2H3/t13-,14+,15-,16-,17+,18+,19+,20-/m0/s1. The van der Waals surface area contributed by atoms with Crippen LogP contribution in [0.15, 0.2) is 0 Å². The summed E-state index contributed by atoms with van der Waals surface area (Å²) in [6.45, 7) is 5.93. The summed E-state index contributed by atoms with van der Waals surface area (Å²) in [6, 6.07) is 0. The number of rotatable bonds is 2. The van der Waals surface area contributed by atoms with Gasteiger partial charge < -0.3 is 24.1 Å². The Bertz CT molecular complexity index is 587. The van der Waals surface area contributed by atoms with Gasteiger partial charge in [0.1, 0.15) is 6.29 Å². The van der Waals surface area contributed by atoms with E-state index in [-0.39, 0.29) is 28.8 Å². The number of fused-ring (bicyclic) bond motifs is 4. The van der Waals surface area contributed by atoms with Crippen LogP contribution in [0.2, 0.25) is 0 Å². The van der Waals surface area contributed by atoms with Crippen molar-refractivity contribution in [1.29, 1.82) is 0 Å². The monoisotopic (exact) mass is 364 g/mol. The normalized spacial score (nSPS) is 55.2. The molecule has 5 fully saturated rings. The molecular weight excluding hydrogens is 332 g/mol. The van der Waals surface area contributed by atoms with Gasteiger partial charge in [-0.15, -0.1) is 0 Å². The molecule has 5 rings (SSSR count). The van der Waals surface area contributed by atoms with Crippen molar-refractivity contribution in [2.24, 2.45) is 34.5 Å². The van der Waals surface area contributed by atoms with Crippen molar-refractivity contribution >= 4 is 6.29 Å². The highest BCUT2D eigenvalue weighted by Gasteiger charge is 2.67. The second-order valence-corrected chi connectivity index (χ2v) is 9.91. The molecule has 3 aliphatic carbocycles. The lowest BCUT2D eigenvalue weighted by atomic mass is 9.49. The SMILES string of the molecule is C[C@]1([C@H]2CC[C@@]3(C)[C@@H](CCC34OCCO4)[C@@H]2C=O)CC[C@H]2C[C@@H]1[C@H](O)O2. The van der Waals surface area contributed by atoms with Crippen molar-refractivity contribution in [3.63, 3.8) is 0 Å². The van der Waals surface area contributed by atoms with Crippen molar-refractivity contribution in [2.75, 3.05) is 13.2 Å². The van der Waals surface area contributed by atoms with Crippen molar-refractivity contribution in [3.05, 3.63) is 0 Å². The first-order valence-electron chi connectivity index (χ1n) is 10.5. The van der Waals surface area contributed by atoms with Gasteiger partial charge in [-0.25, -0.2) is 0 Å². The summed E-state index contributed by atoms with van der Waals surface area (Å²) < 4.78 is 18.0. The van der Waals surface area contributed by atoms with E-state index in [1.54, 1.807) is 0 Å². The molecule has 2 heterocycles. The number of hydrogen-bond acceptors (Lipinski definition) is 5. The zero-order valence-electron chi connectivity index (χ0n) is 16.0. The van der Waals surface area contributed by atoms with E-state index in [0.717, 1.165) is 44.9 Å². The summed E-state index contributed by atoms with van der Waals surface area (Å²) in [5.41, 5.74) is -0.101. The molecule has 0 aromatic heterocycles. The van der Waals surface area contributed by atoms with Gasteiger partial charge >= 0.3 is 0 Å². The van der Waals surface area contributed by atoms with E-state index in [2.05, 4.69) is 13.8 Å². The first-order chi connectivity index (χ1) is 12.4. The third kappa shape index (κ3) is 2.09. The predicted octanol–water partition coefficient (Wildman–Crippen LogP) is 2.89. The molecule has 0 radical (unpaired) electrons. The Labute approximate surface area is 155 Å². The van der Waals surface area contributed by atoms with Gasteiger partial charge in [0, 0.05) is 23.7 Å². The number of hydrogen-bond donors (Lipinski definition) is 1. The quantitative estimate of drug-likeness (QED) is 0.763. The van der Waals surface area contributed by atoms with Crippen LogP contribution in [0.5, 0.6) is 0 Å². The Hall–Kier alpha value is -0.490. The minimum Gasteiger partial charge on any atom is -0.368 e. The summed E-state index contributed by atoms with van der Waals surface area (Å²) in [4.78, 5) is 12.4. The average molecular weight is 364 g/mol. The minimum atomic E-state index is -0.662. The minimum absolute atomic E-state index is 0.0214. The summed E-state index contributed by atoms with van der Waals surface area (Å²) >= 11 is 0. The second-order valence-electron chi connectivity index (χ2n) is 9.91. The lowest BCUT2D eigenvalue weighted by molar-refractivity contribution is -0.242. The maximum atomic E-state index is 12.4. The van der Waals surface area contributed by atoms with Crippen LogP contribution >= 0.6 is 0 Å². The molecule has 2 aliphatic heterocycles. The Kier molecular flexibility index (Phi) is 3.90. The molecule has 2 bridgehead atoms. The van der Waals surface area contributed by atoms with Crippen LogP contribution in [0.3, 0.4) is 0 Å². The molecule has 26 heavy (non-hydrogen) atoms. The highest BCUT2D eigenvalue weighted by Crippen LogP contribution is 2.67. The molecule has 5 nitrogen and oxygen atoms in total. The van der Waals surface area contributed by atoms with Crippen LogP contribution in [0.25, 0.3) is 0 Å². The van der Waals surface area contributed by atoms with E-state index in [1.807, 2.05) is 0 Å². The van der Waals surface area contributed by atoms with Crippen LogP contribution < -0.4 is 0 Å². The predicted molar refractivity (Wildman–Crippen MR) is 94.1 cm³/mol. The van der Waals surface area contributed by atoms with Crippen LogP contribution in [0, 0.1) is 34.5 Å². The van der Waals surface area contributed by atoms with Gasteiger partial charge in [-0.1, -0.05) is 13.8 Å². The van der Waals surface area contributed by atoms with Crippen LogP contribution in [0.1, 0.15) is 58.8 Å². The molecule has 0 unspecified atom stereocenters. The molecule has 1 spiro atoms. The fourth-order valence-electron chi connectivity index (χ4n) is 7.69. The zero-order chi connectivity index (χ0) is 18.2. The van der Waals surface area contributed by atoms with Gasteiger partial charge in [-0.05, 0) is 55.8 Å². The molecule has 146 valence electrons. The Morgan fingerprint density at radius 3 is 2.42 bits per heavy atom. The summed E-state index contributed by atoms with van der Waals surface area (Å²) in [6.07, 6.45) is 7.71. The number of aliphatic hydroxyl groups excluding tert-OH is 1. The average Bonchev–Trinajstić information content (AvgIpc) is 3.31. The smallest absolute Gasteiger partial charge is 0.174 e. The fraction of sp³-hybridized carbons (Fsp3) is 0.952. The van der Waals surface area contributed by atoms with E-state index >= 15 is 0 Å². The zero-order valence-corrected chi connectivity index (χ0v) is 16.0. The number of ether oxygens (including phenoxy) is 3. The molecule has 1 N–H and O–H groups in total. The first kappa shape index (κ1) is 17.6. The molecular formula is C21H32O5. The molecule has 2 saturated heterocycles. The van der Waals surface area contributed by atoms with Crippen molar-refractivity contribution in [1.82, 2.24) is 0 Å². The molecule has 3 saturated carbocycles. The largest absolute Gasteiger partial charge is 0.368 e. The van der Waals surface area contributed by atoms with Gasteiger partial charge in [0.15, 0.2) is 12.1 Å².